The SMILES string of the molecule is C[Si](C)Oc1c(C(C)(C)C)[cH-]c2ccccc12.C[Si](C)Oc1c(C(C)(C)C)[cH-]c2ccccc12.[Hf]. The van der Waals surface area contributed by atoms with Crippen molar-refractivity contribution in [2.24, 2.45) is 0 Å². The van der Waals surface area contributed by atoms with Gasteiger partial charge < -0.3 is 8.85 Å². The summed E-state index contributed by atoms with van der Waals surface area (Å²) in [6.07, 6.45) is 0. The Kier molecular flexibility index (Phi) is 9.99. The van der Waals surface area contributed by atoms with Gasteiger partial charge in [-0.25, -0.2) is 0 Å². The Morgan fingerprint density at radius 3 is 1.17 bits per heavy atom. The van der Waals surface area contributed by atoms with Gasteiger partial charge in [-0.05, 0) is 48.5 Å². The Balaban J connectivity index is 0.000000240. The molecule has 35 heavy (non-hydrogen) atoms. The molecule has 0 fully saturated rings. The van der Waals surface area contributed by atoms with Crippen LogP contribution in [0.2, 0.25) is 26.2 Å². The Labute approximate surface area is 235 Å². The van der Waals surface area contributed by atoms with Crippen molar-refractivity contribution in [2.75, 3.05) is 0 Å². The maximum atomic E-state index is 6.13. The van der Waals surface area contributed by atoms with Gasteiger partial charge in [-0.3, -0.25) is 0 Å². The molecule has 2 nitrogen and oxygen atoms in total. The third-order valence-corrected chi connectivity index (χ3v) is 6.95. The standard InChI is InChI=1S/2C15H20OSi.Hf/c2*1-15(2,3)13-10-11-8-6-7-9-12(11)14(13)16-17(4)5;/h2*6-10H,1-5H3;/q2*-1;. The molecule has 0 bridgehead atoms. The molecule has 4 rings (SSSR count). The second kappa shape index (κ2) is 11.7. The van der Waals surface area contributed by atoms with Crippen LogP contribution in [-0.2, 0) is 36.7 Å². The van der Waals surface area contributed by atoms with Gasteiger partial charge in [0, 0.05) is 25.8 Å². The number of benzene rings is 2. The van der Waals surface area contributed by atoms with Crippen LogP contribution in [0, 0.1) is 0 Å². The molecule has 0 aliphatic heterocycles. The van der Waals surface area contributed by atoms with Crippen molar-refractivity contribution in [1.82, 2.24) is 0 Å². The topological polar surface area (TPSA) is 18.5 Å². The van der Waals surface area contributed by atoms with E-state index in [1.165, 1.54) is 32.7 Å². The Bertz CT molecular complexity index is 1140. The van der Waals surface area contributed by atoms with E-state index in [-0.39, 0.29) is 36.7 Å². The molecule has 0 aromatic heterocycles. The van der Waals surface area contributed by atoms with Crippen LogP contribution in [-0.4, -0.2) is 18.1 Å². The quantitative estimate of drug-likeness (QED) is 0.160. The molecule has 0 aliphatic carbocycles. The molecule has 2 radical (unpaired) electrons. The second-order valence-corrected chi connectivity index (χ2v) is 15.5. The first kappa shape index (κ1) is 29.8. The molecule has 5 heteroatoms. The summed E-state index contributed by atoms with van der Waals surface area (Å²) in [5.41, 5.74) is 2.91. The van der Waals surface area contributed by atoms with Gasteiger partial charge in [-0.1, -0.05) is 64.8 Å². The van der Waals surface area contributed by atoms with E-state index in [0.29, 0.717) is 0 Å². The summed E-state index contributed by atoms with van der Waals surface area (Å²) in [6.45, 7) is 22.2. The molecule has 0 aliphatic rings. The van der Waals surface area contributed by atoms with Gasteiger partial charge in [0.15, 0.2) is 0 Å². The molecular formula is C30H40HfO2Si2-2. The molecule has 0 N–H and O–H groups in total. The van der Waals surface area contributed by atoms with E-state index in [1.807, 2.05) is 0 Å². The molecule has 0 atom stereocenters. The van der Waals surface area contributed by atoms with E-state index in [2.05, 4.69) is 128 Å². The minimum atomic E-state index is -0.729. The maximum absolute atomic E-state index is 6.13. The smallest absolute Gasteiger partial charge is 0.260 e. The van der Waals surface area contributed by atoms with Crippen LogP contribution >= 0.6 is 0 Å². The van der Waals surface area contributed by atoms with Crippen molar-refractivity contribution >= 4 is 39.6 Å². The predicted octanol–water partition coefficient (Wildman–Crippen LogP) is 8.97. The number of hydrogen-bond donors (Lipinski definition) is 0. The van der Waals surface area contributed by atoms with Gasteiger partial charge >= 0.3 is 0 Å². The summed E-state index contributed by atoms with van der Waals surface area (Å²) in [4.78, 5) is 0. The van der Waals surface area contributed by atoms with Crippen LogP contribution in [0.15, 0.2) is 60.7 Å². The van der Waals surface area contributed by atoms with Gasteiger partial charge in [-0.2, -0.15) is 0 Å². The molecule has 0 unspecified atom stereocenters. The monoisotopic (exact) mass is 668 g/mol. The zero-order valence-electron chi connectivity index (χ0n) is 23.1. The minimum Gasteiger partial charge on any atom is -0.592 e. The first-order chi connectivity index (χ1) is 15.8. The fourth-order valence-electron chi connectivity index (χ4n) is 4.13. The third kappa shape index (κ3) is 7.30. The van der Waals surface area contributed by atoms with Crippen molar-refractivity contribution in [3.8, 4) is 11.5 Å². The molecular weight excluding hydrogens is 627 g/mol. The molecule has 0 heterocycles. The Morgan fingerprint density at radius 2 is 0.886 bits per heavy atom. The second-order valence-electron chi connectivity index (χ2n) is 11.5. The summed E-state index contributed by atoms with van der Waals surface area (Å²) >= 11 is 0. The third-order valence-electron chi connectivity index (χ3n) is 5.73. The van der Waals surface area contributed by atoms with Crippen molar-refractivity contribution < 1.29 is 34.7 Å². The largest absolute Gasteiger partial charge is 0.592 e. The van der Waals surface area contributed by atoms with Gasteiger partial charge in [0.05, 0.1) is 0 Å². The predicted molar refractivity (Wildman–Crippen MR) is 153 cm³/mol. The van der Waals surface area contributed by atoms with Crippen molar-refractivity contribution in [3.05, 3.63) is 71.8 Å². The zero-order chi connectivity index (χ0) is 25.3. The summed E-state index contributed by atoms with van der Waals surface area (Å²) < 4.78 is 12.3. The van der Waals surface area contributed by atoms with E-state index in [9.17, 15) is 0 Å². The first-order valence-electron chi connectivity index (χ1n) is 12.1. The zero-order valence-corrected chi connectivity index (χ0v) is 28.7. The fraction of sp³-hybridized carbons (Fsp3) is 0.400. The molecule has 4 aromatic rings. The van der Waals surface area contributed by atoms with Crippen LogP contribution in [0.25, 0.3) is 21.5 Å². The first-order valence-corrected chi connectivity index (χ1v) is 16.9. The molecule has 4 aromatic carbocycles. The van der Waals surface area contributed by atoms with Gasteiger partial charge in [-0.15, -0.1) is 70.1 Å². The maximum Gasteiger partial charge on any atom is 0.260 e. The normalized spacial score (nSPS) is 12.0. The van der Waals surface area contributed by atoms with Crippen LogP contribution in [0.1, 0.15) is 52.7 Å². The summed E-state index contributed by atoms with van der Waals surface area (Å²) in [5, 5.41) is 5.08. The number of hydrogen-bond acceptors (Lipinski definition) is 2. The molecule has 0 saturated carbocycles. The van der Waals surface area contributed by atoms with Crippen LogP contribution in [0.5, 0.6) is 11.5 Å². The summed E-state index contributed by atoms with van der Waals surface area (Å²) in [5.74, 6) is 2.21. The van der Waals surface area contributed by atoms with Crippen LogP contribution < -0.4 is 8.85 Å². The van der Waals surface area contributed by atoms with Gasteiger partial charge in [0.25, 0.3) is 18.1 Å². The van der Waals surface area contributed by atoms with Gasteiger partial charge in [0.1, 0.15) is 0 Å². The van der Waals surface area contributed by atoms with Crippen LogP contribution in [0.4, 0.5) is 0 Å². The van der Waals surface area contributed by atoms with Crippen molar-refractivity contribution in [1.29, 1.82) is 0 Å². The Hall–Kier alpha value is -1.44. The number of fused-ring (bicyclic) bond motifs is 2. The Morgan fingerprint density at radius 1 is 0.571 bits per heavy atom. The average molecular weight is 667 g/mol. The summed E-state index contributed by atoms with van der Waals surface area (Å²) in [6, 6.07) is 21.5. The van der Waals surface area contributed by atoms with Crippen LogP contribution in [0.3, 0.4) is 0 Å². The van der Waals surface area contributed by atoms with Crippen molar-refractivity contribution in [2.45, 2.75) is 78.6 Å². The molecule has 0 spiro atoms. The van der Waals surface area contributed by atoms with Gasteiger partial charge in [0.2, 0.25) is 0 Å². The molecule has 0 amide bonds. The van der Waals surface area contributed by atoms with Crippen molar-refractivity contribution in [3.63, 3.8) is 0 Å². The fourth-order valence-corrected chi connectivity index (χ4v) is 5.39. The van der Waals surface area contributed by atoms with E-state index in [1.54, 1.807) is 0 Å². The van der Waals surface area contributed by atoms with E-state index in [0.717, 1.165) is 11.5 Å². The average Bonchev–Trinajstić information content (AvgIpc) is 3.27. The van der Waals surface area contributed by atoms with E-state index >= 15 is 0 Å². The summed E-state index contributed by atoms with van der Waals surface area (Å²) in [7, 11) is -1.46. The van der Waals surface area contributed by atoms with E-state index in [4.69, 9.17) is 8.85 Å². The minimum absolute atomic E-state index is 0. The van der Waals surface area contributed by atoms with E-state index < -0.39 is 18.1 Å². The molecule has 0 saturated heterocycles. The number of rotatable bonds is 4. The molecule has 186 valence electrons.